The lowest BCUT2D eigenvalue weighted by Gasteiger charge is -2.24. The summed E-state index contributed by atoms with van der Waals surface area (Å²) in [5.74, 6) is 0.575. The summed E-state index contributed by atoms with van der Waals surface area (Å²) in [6.45, 7) is 0.599. The zero-order valence-corrected chi connectivity index (χ0v) is 15.2. The molecule has 1 saturated heterocycles. The van der Waals surface area contributed by atoms with E-state index in [9.17, 15) is 5.11 Å². The van der Waals surface area contributed by atoms with Crippen LogP contribution in [0.15, 0.2) is 18.5 Å². The van der Waals surface area contributed by atoms with Crippen LogP contribution in [0.3, 0.4) is 0 Å². The van der Waals surface area contributed by atoms with Crippen LogP contribution in [0.25, 0.3) is 11.1 Å². The van der Waals surface area contributed by atoms with E-state index in [-0.39, 0.29) is 23.8 Å². The Morgan fingerprint density at radius 1 is 1.07 bits per heavy atom. The number of nitrogens with two attached hydrogens (primary N) is 2. The van der Waals surface area contributed by atoms with Crippen LogP contribution in [-0.4, -0.2) is 27.8 Å². The Morgan fingerprint density at radius 2 is 1.78 bits per heavy atom. The molecular weight excluding hydrogens is 347 g/mol. The lowest BCUT2D eigenvalue weighted by molar-refractivity contribution is 0.109. The number of hydrogen-bond acceptors (Lipinski definition) is 6. The van der Waals surface area contributed by atoms with Gasteiger partial charge >= 0.3 is 0 Å². The SMILES string of the molecule is Nc1cc(-c2cnc(C3CCC(O)CC3)nc2)c(F)c(C2CCCO2)c1N. The summed E-state index contributed by atoms with van der Waals surface area (Å²) >= 11 is 0. The molecule has 0 radical (unpaired) electrons. The number of nitrogens with zero attached hydrogens (tertiary/aromatic N) is 2. The maximum atomic E-state index is 15.3. The van der Waals surface area contributed by atoms with Crippen molar-refractivity contribution in [1.82, 2.24) is 9.97 Å². The zero-order chi connectivity index (χ0) is 19.0. The van der Waals surface area contributed by atoms with E-state index >= 15 is 4.39 Å². The van der Waals surface area contributed by atoms with E-state index in [1.807, 2.05) is 0 Å². The second kappa shape index (κ2) is 7.40. The second-order valence-corrected chi connectivity index (χ2v) is 7.49. The maximum Gasteiger partial charge on any atom is 0.139 e. The fraction of sp³-hybridized carbons (Fsp3) is 0.500. The first-order valence-corrected chi connectivity index (χ1v) is 9.54. The topological polar surface area (TPSA) is 107 Å². The highest BCUT2D eigenvalue weighted by Gasteiger charge is 2.28. The monoisotopic (exact) mass is 372 g/mol. The number of nitrogen functional groups attached to an aromatic ring is 2. The number of anilines is 2. The van der Waals surface area contributed by atoms with E-state index in [4.69, 9.17) is 16.2 Å². The molecule has 1 atom stereocenters. The van der Waals surface area contributed by atoms with Crippen LogP contribution >= 0.6 is 0 Å². The average molecular weight is 372 g/mol. The van der Waals surface area contributed by atoms with Crippen molar-refractivity contribution in [3.05, 3.63) is 35.7 Å². The van der Waals surface area contributed by atoms with Crippen molar-refractivity contribution in [2.45, 2.75) is 56.7 Å². The molecule has 2 fully saturated rings. The fourth-order valence-corrected chi connectivity index (χ4v) is 4.07. The van der Waals surface area contributed by atoms with E-state index in [1.54, 1.807) is 18.5 Å². The molecule has 1 saturated carbocycles. The van der Waals surface area contributed by atoms with E-state index in [0.717, 1.165) is 44.3 Å². The first-order chi connectivity index (χ1) is 13.0. The van der Waals surface area contributed by atoms with Gasteiger partial charge in [-0.1, -0.05) is 0 Å². The van der Waals surface area contributed by atoms with Crippen molar-refractivity contribution < 1.29 is 14.2 Å². The molecule has 1 unspecified atom stereocenters. The van der Waals surface area contributed by atoms with Crippen LogP contribution in [0.4, 0.5) is 15.8 Å². The van der Waals surface area contributed by atoms with Crippen LogP contribution in [-0.2, 0) is 4.74 Å². The number of aliphatic hydroxyl groups excluding tert-OH is 1. The zero-order valence-electron chi connectivity index (χ0n) is 15.2. The van der Waals surface area contributed by atoms with Gasteiger partial charge in [-0.3, -0.25) is 0 Å². The highest BCUT2D eigenvalue weighted by molar-refractivity contribution is 5.78. The van der Waals surface area contributed by atoms with Gasteiger partial charge in [0.15, 0.2) is 0 Å². The van der Waals surface area contributed by atoms with Gasteiger partial charge in [-0.15, -0.1) is 0 Å². The minimum absolute atomic E-state index is 0.219. The molecule has 0 amide bonds. The summed E-state index contributed by atoms with van der Waals surface area (Å²) in [5.41, 5.74) is 13.9. The molecule has 6 nitrogen and oxygen atoms in total. The normalized spacial score (nSPS) is 25.6. The third kappa shape index (κ3) is 3.49. The molecule has 0 bridgehead atoms. The summed E-state index contributed by atoms with van der Waals surface area (Å²) in [7, 11) is 0. The minimum Gasteiger partial charge on any atom is -0.397 e. The Kier molecular flexibility index (Phi) is 4.97. The number of ether oxygens (including phenoxy) is 1. The van der Waals surface area contributed by atoms with Crippen molar-refractivity contribution in [2.75, 3.05) is 18.1 Å². The fourth-order valence-electron chi connectivity index (χ4n) is 4.07. The van der Waals surface area contributed by atoms with Gasteiger partial charge in [0.2, 0.25) is 0 Å². The van der Waals surface area contributed by atoms with Crippen LogP contribution in [0.1, 0.15) is 61.9 Å². The van der Waals surface area contributed by atoms with Crippen molar-refractivity contribution >= 4 is 11.4 Å². The largest absolute Gasteiger partial charge is 0.397 e. The molecule has 27 heavy (non-hydrogen) atoms. The first kappa shape index (κ1) is 18.1. The van der Waals surface area contributed by atoms with Gasteiger partial charge in [0, 0.05) is 41.6 Å². The quantitative estimate of drug-likeness (QED) is 0.714. The molecule has 2 heterocycles. The van der Waals surface area contributed by atoms with Crippen LogP contribution in [0.5, 0.6) is 0 Å². The molecule has 2 aromatic rings. The Morgan fingerprint density at radius 3 is 2.41 bits per heavy atom. The van der Waals surface area contributed by atoms with Gasteiger partial charge in [-0.2, -0.15) is 0 Å². The number of aliphatic hydroxyl groups is 1. The highest BCUT2D eigenvalue weighted by Crippen LogP contribution is 2.41. The Labute approximate surface area is 157 Å². The summed E-state index contributed by atoms with van der Waals surface area (Å²) in [6.07, 6.45) is 7.58. The summed E-state index contributed by atoms with van der Waals surface area (Å²) in [6, 6.07) is 1.54. The molecule has 1 aliphatic carbocycles. The predicted molar refractivity (Wildman–Crippen MR) is 101 cm³/mol. The van der Waals surface area contributed by atoms with Crippen LogP contribution in [0, 0.1) is 5.82 Å². The highest BCUT2D eigenvalue weighted by atomic mass is 19.1. The van der Waals surface area contributed by atoms with Gasteiger partial charge in [0.05, 0.1) is 23.6 Å². The number of hydrogen-bond donors (Lipinski definition) is 3. The van der Waals surface area contributed by atoms with Gasteiger partial charge in [0.1, 0.15) is 11.6 Å². The van der Waals surface area contributed by atoms with E-state index < -0.39 is 5.82 Å². The number of halogens is 1. The second-order valence-electron chi connectivity index (χ2n) is 7.49. The lowest BCUT2D eigenvalue weighted by atomic mass is 9.87. The molecule has 144 valence electrons. The molecular formula is C20H25FN4O2. The number of aromatic nitrogens is 2. The molecule has 5 N–H and O–H groups in total. The summed E-state index contributed by atoms with van der Waals surface area (Å²) < 4.78 is 20.9. The van der Waals surface area contributed by atoms with Crippen molar-refractivity contribution in [3.63, 3.8) is 0 Å². The Balaban J connectivity index is 1.65. The smallest absolute Gasteiger partial charge is 0.139 e. The van der Waals surface area contributed by atoms with Gasteiger partial charge < -0.3 is 21.3 Å². The number of rotatable bonds is 3. The molecule has 1 aliphatic heterocycles. The maximum absolute atomic E-state index is 15.3. The third-order valence-corrected chi connectivity index (χ3v) is 5.67. The van der Waals surface area contributed by atoms with Crippen LogP contribution in [0.2, 0.25) is 0 Å². The summed E-state index contributed by atoms with van der Waals surface area (Å²) in [4.78, 5) is 8.92. The van der Waals surface area contributed by atoms with Crippen molar-refractivity contribution in [1.29, 1.82) is 0 Å². The average Bonchev–Trinajstić information content (AvgIpc) is 3.20. The molecule has 7 heteroatoms. The molecule has 1 aromatic heterocycles. The van der Waals surface area contributed by atoms with E-state index in [2.05, 4.69) is 9.97 Å². The summed E-state index contributed by atoms with van der Waals surface area (Å²) in [5, 5.41) is 9.65. The molecule has 0 spiro atoms. The number of benzene rings is 1. The van der Waals surface area contributed by atoms with E-state index in [0.29, 0.717) is 29.0 Å². The van der Waals surface area contributed by atoms with Crippen LogP contribution < -0.4 is 11.5 Å². The van der Waals surface area contributed by atoms with Gasteiger partial charge in [0.25, 0.3) is 0 Å². The minimum atomic E-state index is -0.411. The van der Waals surface area contributed by atoms with Crippen molar-refractivity contribution in [2.24, 2.45) is 0 Å². The van der Waals surface area contributed by atoms with E-state index in [1.165, 1.54) is 0 Å². The molecule has 4 rings (SSSR count). The van der Waals surface area contributed by atoms with Gasteiger partial charge in [-0.05, 0) is 44.6 Å². The molecule has 2 aliphatic rings. The lowest BCUT2D eigenvalue weighted by Crippen LogP contribution is -2.18. The van der Waals surface area contributed by atoms with Crippen molar-refractivity contribution in [3.8, 4) is 11.1 Å². The first-order valence-electron chi connectivity index (χ1n) is 9.54. The Hall–Kier alpha value is -2.25. The third-order valence-electron chi connectivity index (χ3n) is 5.67. The predicted octanol–water partition coefficient (Wildman–Crippen LogP) is 3.32. The molecule has 1 aromatic carbocycles. The Bertz CT molecular complexity index is 814. The standard InChI is InChI=1S/C20H25FN4O2/c21-18-14(8-15(22)19(23)17(18)16-2-1-7-27-16)12-9-24-20(25-10-12)11-3-5-13(26)6-4-11/h8-11,13,16,26H,1-7,22-23H2. The van der Waals surface area contributed by atoms with Gasteiger partial charge in [-0.25, -0.2) is 14.4 Å².